The van der Waals surface area contributed by atoms with E-state index in [1.807, 2.05) is 0 Å². The van der Waals surface area contributed by atoms with Gasteiger partial charge in [-0.05, 0) is 59.9 Å². The number of alkyl halides is 3. The van der Waals surface area contributed by atoms with Crippen LogP contribution in [0.2, 0.25) is 0 Å². The fourth-order valence-electron chi connectivity index (χ4n) is 6.10. The van der Waals surface area contributed by atoms with E-state index in [1.165, 1.54) is 64.1 Å². The van der Waals surface area contributed by atoms with E-state index in [4.69, 9.17) is 11.6 Å². The molecule has 1 aromatic heterocycles. The second kappa shape index (κ2) is 16.4. The summed E-state index contributed by atoms with van der Waals surface area (Å²) in [5.74, 6) is -2.96. The minimum Gasteiger partial charge on any atom is -0.383 e. The molecule has 1 aliphatic rings. The standard InChI is InChI=1S/C40H38F5N3O3S/c1-51-22-21-46-19-17-32(18-20-46)47(24-27-9-11-28(12-10-27)29-13-15-31(16-14-29)40(43,44)45)37(50)25-48-35-8-3-2-6-33(35)36(49)23-38(48)52-26-30-5-4-7-34(41)39(30)42/h2-16,23,32H,17-22,24-26H2,1H3/i1D3,21D2,24D2. The number of ether oxygens (including phenoxy) is 1. The predicted octanol–water partition coefficient (Wildman–Crippen LogP) is 8.40. The van der Waals surface area contributed by atoms with E-state index < -0.39 is 73.9 Å². The number of rotatable bonds is 12. The first-order chi connectivity index (χ1) is 27.7. The van der Waals surface area contributed by atoms with Crippen LogP contribution in [0.1, 0.15) is 39.1 Å². The lowest BCUT2D eigenvalue weighted by atomic mass is 10.00. The van der Waals surface area contributed by atoms with Gasteiger partial charge in [0.2, 0.25) is 5.91 Å². The Labute approximate surface area is 312 Å². The van der Waals surface area contributed by atoms with Crippen molar-refractivity contribution in [3.8, 4) is 11.1 Å². The molecule has 0 N–H and O–H groups in total. The van der Waals surface area contributed by atoms with Crippen molar-refractivity contribution in [1.82, 2.24) is 14.4 Å². The van der Waals surface area contributed by atoms with Crippen molar-refractivity contribution in [2.45, 2.75) is 48.9 Å². The fraction of sp³-hybridized carbons (Fsp3) is 0.300. The summed E-state index contributed by atoms with van der Waals surface area (Å²) in [6.07, 6.45) is -4.40. The molecule has 1 fully saturated rings. The van der Waals surface area contributed by atoms with Gasteiger partial charge < -0.3 is 19.1 Å². The van der Waals surface area contributed by atoms with Crippen molar-refractivity contribution in [3.63, 3.8) is 0 Å². The fourth-order valence-corrected chi connectivity index (χ4v) is 7.14. The summed E-state index contributed by atoms with van der Waals surface area (Å²) in [7, 11) is -2.83. The zero-order valence-electron chi connectivity index (χ0n) is 34.6. The zero-order valence-corrected chi connectivity index (χ0v) is 28.4. The number of methoxy groups -OCH3 is 1. The van der Waals surface area contributed by atoms with Gasteiger partial charge in [0.25, 0.3) is 0 Å². The van der Waals surface area contributed by atoms with Gasteiger partial charge in [-0.1, -0.05) is 60.7 Å². The highest BCUT2D eigenvalue weighted by atomic mass is 32.2. The van der Waals surface area contributed by atoms with Gasteiger partial charge in [0.05, 0.1) is 29.6 Å². The molecule has 1 aliphatic heterocycles. The number of halogens is 5. The van der Waals surface area contributed by atoms with Crippen molar-refractivity contribution in [2.24, 2.45) is 0 Å². The molecule has 5 aromatic rings. The van der Waals surface area contributed by atoms with Crippen LogP contribution in [0.3, 0.4) is 0 Å². The van der Waals surface area contributed by atoms with Gasteiger partial charge in [-0.2, -0.15) is 13.2 Å². The molecule has 4 aromatic carbocycles. The van der Waals surface area contributed by atoms with Gasteiger partial charge in [-0.25, -0.2) is 8.78 Å². The van der Waals surface area contributed by atoms with Crippen molar-refractivity contribution >= 4 is 28.6 Å². The monoisotopic (exact) mass is 742 g/mol. The normalized spacial score (nSPS) is 17.0. The lowest BCUT2D eigenvalue weighted by Gasteiger charge is -2.39. The molecular formula is C40H38F5N3O3S. The molecule has 2 heterocycles. The number of aromatic nitrogens is 1. The molecule has 272 valence electrons. The first-order valence-corrected chi connectivity index (χ1v) is 17.3. The minimum absolute atomic E-state index is 0.00397. The van der Waals surface area contributed by atoms with Gasteiger partial charge in [-0.15, -0.1) is 11.8 Å². The maximum absolute atomic E-state index is 14.8. The number of benzene rings is 4. The topological polar surface area (TPSA) is 54.8 Å². The summed E-state index contributed by atoms with van der Waals surface area (Å²) in [6.45, 7) is -6.01. The lowest BCUT2D eigenvalue weighted by molar-refractivity contribution is -0.137. The minimum atomic E-state index is -4.53. The number of carbonyl (C=O) groups excluding carboxylic acids is 1. The Morgan fingerprint density at radius 3 is 2.35 bits per heavy atom. The number of nitrogens with zero attached hydrogens (tertiary/aromatic N) is 3. The zero-order chi connectivity index (χ0) is 42.9. The van der Waals surface area contributed by atoms with Crippen molar-refractivity contribution in [2.75, 3.05) is 33.2 Å². The maximum Gasteiger partial charge on any atom is 0.416 e. The van der Waals surface area contributed by atoms with E-state index in [0.29, 0.717) is 16.6 Å². The number of hydrogen-bond acceptors (Lipinski definition) is 5. The molecule has 0 radical (unpaired) electrons. The third kappa shape index (κ3) is 8.74. The van der Waals surface area contributed by atoms with E-state index in [-0.39, 0.29) is 53.2 Å². The SMILES string of the molecule is [2H]C([2H])([2H])OCC([2H])([2H])N1CCC(N(C(=O)Cn2c(SCc3cccc(F)c3F)cc(=O)c3ccccc32)C([2H])([2H])c2ccc(-c3ccc(C(F)(F)F)cc3)cc2)CC1. The van der Waals surface area contributed by atoms with Crippen LogP contribution in [0.5, 0.6) is 0 Å². The number of para-hydroxylation sites is 1. The second-order valence-corrected chi connectivity index (χ2v) is 13.1. The number of amides is 1. The molecule has 6 rings (SSSR count). The van der Waals surface area contributed by atoms with Crippen molar-refractivity contribution in [1.29, 1.82) is 0 Å². The molecule has 1 amide bonds. The molecule has 0 atom stereocenters. The molecule has 1 saturated heterocycles. The van der Waals surface area contributed by atoms with Crippen molar-refractivity contribution < 1.29 is 41.1 Å². The Bertz CT molecular complexity index is 2350. The summed E-state index contributed by atoms with van der Waals surface area (Å²) in [5, 5.41) is 0.481. The molecule has 0 aliphatic carbocycles. The number of pyridine rings is 1. The lowest BCUT2D eigenvalue weighted by Crippen LogP contribution is -2.48. The molecule has 0 bridgehead atoms. The Balaban J connectivity index is 1.35. The summed E-state index contributed by atoms with van der Waals surface area (Å²) in [6, 6.07) is 21.0. The highest BCUT2D eigenvalue weighted by Crippen LogP contribution is 2.32. The molecule has 6 nitrogen and oxygen atoms in total. The molecule has 0 saturated carbocycles. The largest absolute Gasteiger partial charge is 0.416 e. The molecule has 12 heteroatoms. The first kappa shape index (κ1) is 29.0. The average molecular weight is 743 g/mol. The molecule has 0 spiro atoms. The van der Waals surface area contributed by atoms with Gasteiger partial charge in [-0.3, -0.25) is 9.59 Å². The predicted molar refractivity (Wildman–Crippen MR) is 193 cm³/mol. The Morgan fingerprint density at radius 1 is 0.962 bits per heavy atom. The van der Waals surface area contributed by atoms with E-state index >= 15 is 0 Å². The Kier molecular flexibility index (Phi) is 9.16. The van der Waals surface area contributed by atoms with Crippen LogP contribution in [-0.2, 0) is 34.5 Å². The van der Waals surface area contributed by atoms with Crippen molar-refractivity contribution in [3.05, 3.63) is 136 Å². The van der Waals surface area contributed by atoms with Crippen LogP contribution in [0.25, 0.3) is 22.0 Å². The van der Waals surface area contributed by atoms with E-state index in [2.05, 4.69) is 0 Å². The van der Waals surface area contributed by atoms with Crippen LogP contribution < -0.4 is 5.43 Å². The summed E-state index contributed by atoms with van der Waals surface area (Å²) >= 11 is 0.985. The van der Waals surface area contributed by atoms with Crippen LogP contribution in [0, 0.1) is 11.6 Å². The highest BCUT2D eigenvalue weighted by Gasteiger charge is 2.31. The summed E-state index contributed by atoms with van der Waals surface area (Å²) in [5.41, 5.74) is 0.0848. The smallest absolute Gasteiger partial charge is 0.383 e. The number of piperidine rings is 1. The molecular weight excluding hydrogens is 698 g/mol. The average Bonchev–Trinajstić information content (AvgIpc) is 3.19. The number of fused-ring (bicyclic) bond motifs is 1. The Morgan fingerprint density at radius 2 is 1.65 bits per heavy atom. The third-order valence-corrected chi connectivity index (χ3v) is 9.91. The number of thioether (sulfide) groups is 1. The summed E-state index contributed by atoms with van der Waals surface area (Å²) < 4.78 is 132. The van der Waals surface area contributed by atoms with Gasteiger partial charge in [0.15, 0.2) is 17.1 Å². The number of carbonyl (C=O) groups is 1. The molecule has 0 unspecified atom stereocenters. The van der Waals surface area contributed by atoms with Gasteiger partial charge >= 0.3 is 6.18 Å². The van der Waals surface area contributed by atoms with Crippen LogP contribution in [-0.4, -0.2) is 59.5 Å². The van der Waals surface area contributed by atoms with E-state index in [0.717, 1.165) is 34.9 Å². The van der Waals surface area contributed by atoms with Crippen LogP contribution in [0.4, 0.5) is 22.0 Å². The van der Waals surface area contributed by atoms with E-state index in [1.54, 1.807) is 24.3 Å². The van der Waals surface area contributed by atoms with E-state index in [9.17, 15) is 34.3 Å². The van der Waals surface area contributed by atoms with Crippen LogP contribution in [0.15, 0.2) is 107 Å². The summed E-state index contributed by atoms with van der Waals surface area (Å²) in [4.78, 5) is 30.5. The first-order valence-electron chi connectivity index (χ1n) is 19.8. The molecule has 52 heavy (non-hydrogen) atoms. The third-order valence-electron chi connectivity index (χ3n) is 8.82. The Hall–Kier alpha value is -4.52. The van der Waals surface area contributed by atoms with Crippen LogP contribution >= 0.6 is 11.8 Å². The van der Waals surface area contributed by atoms with Gasteiger partial charge in [0.1, 0.15) is 6.54 Å². The van der Waals surface area contributed by atoms with Gasteiger partial charge in [0, 0.05) is 64.7 Å². The second-order valence-electron chi connectivity index (χ2n) is 12.1. The quantitative estimate of drug-likeness (QED) is 0.0950. The maximum atomic E-state index is 14.8. The highest BCUT2D eigenvalue weighted by molar-refractivity contribution is 7.98. The number of likely N-dealkylation sites (tertiary alicyclic amines) is 1. The number of hydrogen-bond donors (Lipinski definition) is 0.